The Hall–Kier alpha value is -0.630. The SMILES string of the molecule is CCN(CC(C)(C)CN)c1nc[nH]c(=O)c1I. The number of hydrogen-bond acceptors (Lipinski definition) is 4. The molecular formula is C11H19IN4O. The number of nitrogens with zero attached hydrogens (tertiary/aromatic N) is 2. The number of halogens is 1. The highest BCUT2D eigenvalue weighted by atomic mass is 127. The summed E-state index contributed by atoms with van der Waals surface area (Å²) >= 11 is 2.03. The summed E-state index contributed by atoms with van der Waals surface area (Å²) in [6.07, 6.45) is 1.44. The van der Waals surface area contributed by atoms with Gasteiger partial charge >= 0.3 is 0 Å². The van der Waals surface area contributed by atoms with Crippen molar-refractivity contribution < 1.29 is 0 Å². The highest BCUT2D eigenvalue weighted by molar-refractivity contribution is 14.1. The number of aromatic amines is 1. The van der Waals surface area contributed by atoms with Gasteiger partial charge in [0.05, 0.1) is 6.33 Å². The van der Waals surface area contributed by atoms with Gasteiger partial charge in [0, 0.05) is 13.1 Å². The maximum Gasteiger partial charge on any atom is 0.266 e. The van der Waals surface area contributed by atoms with Crippen LogP contribution in [0, 0.1) is 8.99 Å². The van der Waals surface area contributed by atoms with Crippen LogP contribution in [0.1, 0.15) is 20.8 Å². The van der Waals surface area contributed by atoms with Crippen molar-refractivity contribution >= 4 is 28.4 Å². The minimum atomic E-state index is -0.0976. The quantitative estimate of drug-likeness (QED) is 0.783. The van der Waals surface area contributed by atoms with E-state index in [2.05, 4.69) is 28.7 Å². The van der Waals surface area contributed by atoms with E-state index >= 15 is 0 Å². The smallest absolute Gasteiger partial charge is 0.266 e. The largest absolute Gasteiger partial charge is 0.355 e. The zero-order chi connectivity index (χ0) is 13.1. The molecule has 1 aromatic rings. The molecule has 0 saturated carbocycles. The van der Waals surface area contributed by atoms with E-state index in [0.717, 1.165) is 18.9 Å². The van der Waals surface area contributed by atoms with Crippen LogP contribution < -0.4 is 16.2 Å². The van der Waals surface area contributed by atoms with Gasteiger partial charge in [-0.2, -0.15) is 0 Å². The van der Waals surface area contributed by atoms with Crippen molar-refractivity contribution in [3.05, 3.63) is 20.3 Å². The van der Waals surface area contributed by atoms with Gasteiger partial charge in [-0.3, -0.25) is 4.79 Å². The van der Waals surface area contributed by atoms with Crippen molar-refractivity contribution in [2.24, 2.45) is 11.1 Å². The Labute approximate surface area is 115 Å². The molecule has 0 aliphatic carbocycles. The minimum absolute atomic E-state index is 0.00335. The van der Waals surface area contributed by atoms with E-state index in [9.17, 15) is 4.79 Å². The van der Waals surface area contributed by atoms with E-state index in [1.165, 1.54) is 6.33 Å². The summed E-state index contributed by atoms with van der Waals surface area (Å²) in [5.74, 6) is 0.735. The van der Waals surface area contributed by atoms with Crippen molar-refractivity contribution in [3.63, 3.8) is 0 Å². The van der Waals surface area contributed by atoms with E-state index in [4.69, 9.17) is 5.73 Å². The molecule has 0 amide bonds. The van der Waals surface area contributed by atoms with E-state index in [-0.39, 0.29) is 11.0 Å². The van der Waals surface area contributed by atoms with Gasteiger partial charge in [0.1, 0.15) is 9.39 Å². The lowest BCUT2D eigenvalue weighted by molar-refractivity contribution is 0.378. The topological polar surface area (TPSA) is 75.0 Å². The van der Waals surface area contributed by atoms with Gasteiger partial charge in [-0.1, -0.05) is 13.8 Å². The molecule has 0 radical (unpaired) electrons. The summed E-state index contributed by atoms with van der Waals surface area (Å²) in [7, 11) is 0. The van der Waals surface area contributed by atoms with E-state index < -0.39 is 0 Å². The molecule has 1 rings (SSSR count). The fourth-order valence-corrected chi connectivity index (χ4v) is 2.15. The lowest BCUT2D eigenvalue weighted by atomic mass is 9.93. The summed E-state index contributed by atoms with van der Waals surface area (Å²) < 4.78 is 0.625. The fraction of sp³-hybridized carbons (Fsp3) is 0.636. The number of hydrogen-bond donors (Lipinski definition) is 2. The maximum atomic E-state index is 11.5. The van der Waals surface area contributed by atoms with Crippen LogP contribution in [0.25, 0.3) is 0 Å². The standard InChI is InChI=1S/C11H19IN4O/c1-4-16(6-11(2,3)5-13)9-8(12)10(17)15-7-14-9/h7H,4-6,13H2,1-3H3,(H,14,15,17). The van der Waals surface area contributed by atoms with Crippen LogP contribution in [0.3, 0.4) is 0 Å². The van der Waals surface area contributed by atoms with E-state index in [1.807, 2.05) is 29.5 Å². The van der Waals surface area contributed by atoms with Crippen LogP contribution >= 0.6 is 22.6 Å². The minimum Gasteiger partial charge on any atom is -0.355 e. The molecule has 0 aliphatic heterocycles. The molecule has 0 bridgehead atoms. The first kappa shape index (κ1) is 14.4. The third kappa shape index (κ3) is 3.67. The number of rotatable bonds is 5. The van der Waals surface area contributed by atoms with Crippen LogP contribution in [-0.2, 0) is 0 Å². The molecule has 0 unspecified atom stereocenters. The Balaban J connectivity index is 3.02. The van der Waals surface area contributed by atoms with Crippen LogP contribution in [0.15, 0.2) is 11.1 Å². The Kier molecular flexibility index (Phi) is 4.93. The van der Waals surface area contributed by atoms with Crippen molar-refractivity contribution in [2.45, 2.75) is 20.8 Å². The van der Waals surface area contributed by atoms with Crippen molar-refractivity contribution in [3.8, 4) is 0 Å². The van der Waals surface area contributed by atoms with Crippen LogP contribution in [0.5, 0.6) is 0 Å². The molecule has 0 saturated heterocycles. The predicted molar refractivity (Wildman–Crippen MR) is 78.3 cm³/mol. The Morgan fingerprint density at radius 2 is 2.24 bits per heavy atom. The number of nitrogens with one attached hydrogen (secondary N) is 1. The second-order valence-electron chi connectivity index (χ2n) is 4.75. The second kappa shape index (κ2) is 5.81. The molecule has 96 valence electrons. The van der Waals surface area contributed by atoms with Crippen molar-refractivity contribution in [1.29, 1.82) is 0 Å². The van der Waals surface area contributed by atoms with Crippen molar-refractivity contribution in [2.75, 3.05) is 24.5 Å². The molecule has 0 atom stereocenters. The van der Waals surface area contributed by atoms with Gasteiger partial charge < -0.3 is 15.6 Å². The summed E-state index contributed by atoms with van der Waals surface area (Å²) in [6, 6.07) is 0. The summed E-state index contributed by atoms with van der Waals surface area (Å²) in [4.78, 5) is 20.4. The van der Waals surface area contributed by atoms with Gasteiger partial charge in [-0.25, -0.2) is 4.98 Å². The average Bonchev–Trinajstić information content (AvgIpc) is 2.30. The maximum absolute atomic E-state index is 11.5. The molecule has 1 aromatic heterocycles. The van der Waals surface area contributed by atoms with Crippen molar-refractivity contribution in [1.82, 2.24) is 9.97 Å². The van der Waals surface area contributed by atoms with Gasteiger partial charge in [0.15, 0.2) is 0 Å². The zero-order valence-electron chi connectivity index (χ0n) is 10.5. The molecular weight excluding hydrogens is 331 g/mol. The third-order valence-electron chi connectivity index (χ3n) is 2.63. The highest BCUT2D eigenvalue weighted by Crippen LogP contribution is 2.21. The number of H-pyrrole nitrogens is 1. The first-order chi connectivity index (χ1) is 7.91. The molecule has 0 aliphatic rings. The van der Waals surface area contributed by atoms with Crippen LogP contribution in [-0.4, -0.2) is 29.6 Å². The number of aromatic nitrogens is 2. The lowest BCUT2D eigenvalue weighted by Gasteiger charge is -2.32. The first-order valence-corrected chi connectivity index (χ1v) is 6.67. The second-order valence-corrected chi connectivity index (χ2v) is 5.83. The Morgan fingerprint density at radius 1 is 1.59 bits per heavy atom. The molecule has 0 aromatic carbocycles. The molecule has 3 N–H and O–H groups in total. The highest BCUT2D eigenvalue weighted by Gasteiger charge is 2.22. The Morgan fingerprint density at radius 3 is 2.76 bits per heavy atom. The van der Waals surface area contributed by atoms with Gasteiger partial charge in [0.2, 0.25) is 0 Å². The molecule has 0 fully saturated rings. The summed E-state index contributed by atoms with van der Waals surface area (Å²) in [6.45, 7) is 8.45. The van der Waals surface area contributed by atoms with Crippen LogP contribution in [0.2, 0.25) is 0 Å². The predicted octanol–water partition coefficient (Wildman–Crippen LogP) is 1.19. The molecule has 5 nitrogen and oxygen atoms in total. The van der Waals surface area contributed by atoms with E-state index in [1.54, 1.807) is 0 Å². The van der Waals surface area contributed by atoms with Gasteiger partial charge in [-0.15, -0.1) is 0 Å². The van der Waals surface area contributed by atoms with E-state index in [0.29, 0.717) is 10.1 Å². The zero-order valence-corrected chi connectivity index (χ0v) is 12.6. The lowest BCUT2D eigenvalue weighted by Crippen LogP contribution is -2.40. The molecule has 0 spiro atoms. The van der Waals surface area contributed by atoms with Crippen LogP contribution in [0.4, 0.5) is 5.82 Å². The molecule has 1 heterocycles. The Bertz CT molecular complexity index is 430. The van der Waals surface area contributed by atoms with Gasteiger partial charge in [-0.05, 0) is 41.5 Å². The molecule has 17 heavy (non-hydrogen) atoms. The number of anilines is 1. The monoisotopic (exact) mass is 350 g/mol. The first-order valence-electron chi connectivity index (χ1n) is 5.59. The normalized spacial score (nSPS) is 11.6. The third-order valence-corrected chi connectivity index (χ3v) is 3.60. The number of nitrogens with two attached hydrogens (primary N) is 1. The summed E-state index contributed by atoms with van der Waals surface area (Å²) in [5.41, 5.74) is 5.64. The molecule has 6 heteroatoms. The van der Waals surface area contributed by atoms with Gasteiger partial charge in [0.25, 0.3) is 5.56 Å². The fourth-order valence-electron chi connectivity index (χ4n) is 1.51. The average molecular weight is 350 g/mol. The summed E-state index contributed by atoms with van der Waals surface area (Å²) in [5, 5.41) is 0.